The number of benzene rings is 6. The minimum Gasteiger partial charge on any atom is -0.509 e. The van der Waals surface area contributed by atoms with E-state index >= 15 is 0 Å². The summed E-state index contributed by atoms with van der Waals surface area (Å²) in [4.78, 5) is 4.73. The maximum absolute atomic E-state index is 6.58. The van der Waals surface area contributed by atoms with Crippen molar-refractivity contribution in [3.05, 3.63) is 180 Å². The molecule has 0 unspecified atom stereocenters. The summed E-state index contributed by atoms with van der Waals surface area (Å²) in [5.41, 5.74) is 13.9. The maximum atomic E-state index is 6.58. The van der Waals surface area contributed by atoms with Crippen molar-refractivity contribution in [1.82, 2.24) is 19.3 Å². The molecule has 0 aliphatic carbocycles. The van der Waals surface area contributed by atoms with Crippen molar-refractivity contribution in [3.63, 3.8) is 0 Å². The van der Waals surface area contributed by atoms with E-state index in [4.69, 9.17) is 14.8 Å². The van der Waals surface area contributed by atoms with Crippen molar-refractivity contribution >= 4 is 21.8 Å². The molecule has 0 saturated carbocycles. The number of hydrogen-bond donors (Lipinski definition) is 0. The van der Waals surface area contributed by atoms with Gasteiger partial charge in [0.05, 0.1) is 5.69 Å². The zero-order valence-corrected chi connectivity index (χ0v) is 31.9. The molecule has 0 bridgehead atoms. The molecule has 3 aromatic heterocycles. The monoisotopic (exact) mass is 790 g/mol. The van der Waals surface area contributed by atoms with Gasteiger partial charge in [-0.3, -0.25) is 4.68 Å². The Kier molecular flexibility index (Phi) is 9.33. The van der Waals surface area contributed by atoms with Crippen molar-refractivity contribution < 1.29 is 25.2 Å². The third kappa shape index (κ3) is 6.14. The molecule has 5 nitrogen and oxygen atoms in total. The van der Waals surface area contributed by atoms with Gasteiger partial charge in [-0.1, -0.05) is 96.5 Å². The predicted octanol–water partition coefficient (Wildman–Crippen LogP) is 12.0. The van der Waals surface area contributed by atoms with Gasteiger partial charge < -0.3 is 9.30 Å². The first-order valence-electron chi connectivity index (χ1n) is 17.8. The molecule has 6 heteroatoms. The number of aromatic nitrogens is 4. The summed E-state index contributed by atoms with van der Waals surface area (Å²) in [6.07, 6.45) is 1.85. The summed E-state index contributed by atoms with van der Waals surface area (Å²) in [7, 11) is 0. The van der Waals surface area contributed by atoms with Gasteiger partial charge in [-0.15, -0.1) is 35.7 Å². The number of aryl methyl sites for hydroxylation is 3. The molecule has 0 N–H and O–H groups in total. The fraction of sp³-hybridized carbons (Fsp3) is 0.0833. The van der Waals surface area contributed by atoms with Crippen molar-refractivity contribution in [2.24, 2.45) is 0 Å². The van der Waals surface area contributed by atoms with Crippen LogP contribution in [0.1, 0.15) is 22.3 Å². The molecular weight excluding hydrogens is 755 g/mol. The molecule has 0 amide bonds. The zero-order chi connectivity index (χ0) is 36.1. The van der Waals surface area contributed by atoms with Crippen LogP contribution >= 0.6 is 0 Å². The van der Waals surface area contributed by atoms with Gasteiger partial charge in [0.1, 0.15) is 11.5 Å². The van der Waals surface area contributed by atoms with E-state index in [1.54, 1.807) is 0 Å². The molecule has 264 valence electrons. The fourth-order valence-electron chi connectivity index (χ4n) is 7.38. The van der Waals surface area contributed by atoms with Crippen LogP contribution in [-0.2, 0) is 20.4 Å². The van der Waals surface area contributed by atoms with E-state index in [0.717, 1.165) is 67.0 Å². The molecule has 0 saturated heterocycles. The van der Waals surface area contributed by atoms with Crippen LogP contribution in [0, 0.1) is 39.8 Å². The Morgan fingerprint density at radius 3 is 2.07 bits per heavy atom. The van der Waals surface area contributed by atoms with Crippen LogP contribution in [0.4, 0.5) is 0 Å². The van der Waals surface area contributed by atoms with E-state index < -0.39 is 0 Å². The first kappa shape index (κ1) is 35.0. The number of nitrogens with zero attached hydrogens (tertiary/aromatic N) is 4. The predicted molar refractivity (Wildman–Crippen MR) is 215 cm³/mol. The Morgan fingerprint density at radius 2 is 1.30 bits per heavy atom. The van der Waals surface area contributed by atoms with Crippen molar-refractivity contribution in [2.45, 2.75) is 27.7 Å². The Balaban J connectivity index is 0.00000413. The van der Waals surface area contributed by atoms with Crippen LogP contribution in [0.15, 0.2) is 146 Å². The topological polar surface area (TPSA) is 44.9 Å². The number of para-hydroxylation sites is 1. The number of pyridine rings is 1. The summed E-state index contributed by atoms with van der Waals surface area (Å²) in [6, 6.07) is 55.0. The summed E-state index contributed by atoms with van der Waals surface area (Å²) in [5.74, 6) is 1.99. The summed E-state index contributed by atoms with van der Waals surface area (Å²) >= 11 is 0. The summed E-state index contributed by atoms with van der Waals surface area (Å²) in [6.45, 7) is 8.65. The second-order valence-electron chi connectivity index (χ2n) is 13.5. The van der Waals surface area contributed by atoms with Gasteiger partial charge in [0.25, 0.3) is 0 Å². The minimum absolute atomic E-state index is 0. The van der Waals surface area contributed by atoms with Crippen LogP contribution < -0.4 is 4.74 Å². The molecule has 0 fully saturated rings. The molecule has 6 aromatic carbocycles. The zero-order valence-electron chi connectivity index (χ0n) is 30.4. The molecule has 9 rings (SSSR count). The molecule has 54 heavy (non-hydrogen) atoms. The standard InChI is InChI=1S/C48H36N4O.Pd/c1-31-26-27-49-44(28-31)51-42-21-12-11-20-40(42)41-25-24-39(30-43(41)51)53-38-19-13-18-37(29-38)52-48(36-16-9-6-10-17-36)46(45-33(3)23-22-32(2)34(45)4)47(50-52)35-14-7-5-8-15-35;/h5-28H,1-4H3;/q-2;+2. The second-order valence-corrected chi connectivity index (χ2v) is 13.5. The van der Waals surface area contributed by atoms with E-state index in [0.29, 0.717) is 11.5 Å². The van der Waals surface area contributed by atoms with E-state index in [-0.39, 0.29) is 20.4 Å². The number of rotatable bonds is 7. The SMILES string of the molecule is Cc1ccnc(-n2c3[c-]c(Oc4[c-]c(-n5nc(-c6ccccc6)c(-c6c(C)ccc(C)c6C)c5-c5ccccc5)ccc4)ccc3c3ccccc32)c1.[Pd+2]. The van der Waals surface area contributed by atoms with Gasteiger partial charge in [-0.2, -0.15) is 17.2 Å². The van der Waals surface area contributed by atoms with Crippen LogP contribution in [-0.4, -0.2) is 19.3 Å². The van der Waals surface area contributed by atoms with Crippen LogP contribution in [0.3, 0.4) is 0 Å². The first-order valence-corrected chi connectivity index (χ1v) is 17.8. The summed E-state index contributed by atoms with van der Waals surface area (Å²) < 4.78 is 10.8. The molecule has 9 aromatic rings. The van der Waals surface area contributed by atoms with Crippen molar-refractivity contribution in [2.75, 3.05) is 0 Å². The molecule has 0 radical (unpaired) electrons. The first-order chi connectivity index (χ1) is 25.9. The van der Waals surface area contributed by atoms with E-state index in [2.05, 4.69) is 141 Å². The fourth-order valence-corrected chi connectivity index (χ4v) is 7.38. The average molecular weight is 791 g/mol. The van der Waals surface area contributed by atoms with Crippen molar-refractivity contribution in [3.8, 4) is 56.6 Å². The number of fused-ring (bicyclic) bond motifs is 3. The van der Waals surface area contributed by atoms with Gasteiger partial charge in [0.2, 0.25) is 0 Å². The molecule has 0 aliphatic rings. The third-order valence-corrected chi connectivity index (χ3v) is 10.1. The Morgan fingerprint density at radius 1 is 0.593 bits per heavy atom. The average Bonchev–Trinajstić information content (AvgIpc) is 3.74. The van der Waals surface area contributed by atoms with Gasteiger partial charge in [0, 0.05) is 39.9 Å². The van der Waals surface area contributed by atoms with Crippen LogP contribution in [0.25, 0.3) is 67.0 Å². The number of hydrogen-bond acceptors (Lipinski definition) is 3. The molecule has 0 aliphatic heterocycles. The minimum atomic E-state index is 0. The maximum Gasteiger partial charge on any atom is 2.00 e. The third-order valence-electron chi connectivity index (χ3n) is 10.1. The normalized spacial score (nSPS) is 11.2. The second kappa shape index (κ2) is 14.4. The molecular formula is C48H36N4OPd. The quantitative estimate of drug-likeness (QED) is 0.119. The largest absolute Gasteiger partial charge is 2.00 e. The number of ether oxygens (including phenoxy) is 1. The molecule has 0 atom stereocenters. The Bertz CT molecular complexity index is 2800. The van der Waals surface area contributed by atoms with Gasteiger partial charge in [-0.25, -0.2) is 4.98 Å². The van der Waals surface area contributed by atoms with Gasteiger partial charge in [-0.05, 0) is 84.8 Å². The van der Waals surface area contributed by atoms with Gasteiger partial charge in [0.15, 0.2) is 0 Å². The Labute approximate surface area is 329 Å². The van der Waals surface area contributed by atoms with Crippen molar-refractivity contribution in [1.29, 1.82) is 0 Å². The van der Waals surface area contributed by atoms with E-state index in [1.807, 2.05) is 53.3 Å². The van der Waals surface area contributed by atoms with E-state index in [9.17, 15) is 0 Å². The van der Waals surface area contributed by atoms with E-state index in [1.165, 1.54) is 22.3 Å². The Hall–Kier alpha value is -6.06. The van der Waals surface area contributed by atoms with Crippen LogP contribution in [0.2, 0.25) is 0 Å². The molecule has 3 heterocycles. The van der Waals surface area contributed by atoms with Gasteiger partial charge >= 0.3 is 20.4 Å². The van der Waals surface area contributed by atoms with Crippen LogP contribution in [0.5, 0.6) is 11.5 Å². The smallest absolute Gasteiger partial charge is 0.509 e. The summed E-state index contributed by atoms with van der Waals surface area (Å²) in [5, 5.41) is 7.61. The molecule has 0 spiro atoms.